The van der Waals surface area contributed by atoms with E-state index in [-0.39, 0.29) is 12.5 Å². The molecule has 0 aliphatic heterocycles. The average molecular weight is 352 g/mol. The van der Waals surface area contributed by atoms with Gasteiger partial charge in [0.25, 0.3) is 0 Å². The molecular formula is C21H24N2O3. The molecule has 0 fully saturated rings. The molecule has 0 atom stereocenters. The van der Waals surface area contributed by atoms with Crippen LogP contribution in [0.3, 0.4) is 0 Å². The Morgan fingerprint density at radius 1 is 1.08 bits per heavy atom. The van der Waals surface area contributed by atoms with Gasteiger partial charge in [-0.2, -0.15) is 0 Å². The zero-order chi connectivity index (χ0) is 18.8. The zero-order valence-corrected chi connectivity index (χ0v) is 15.0. The molecule has 0 aliphatic carbocycles. The molecular weight excluding hydrogens is 328 g/mol. The molecule has 0 aliphatic rings. The Kier molecular flexibility index (Phi) is 7.31. The van der Waals surface area contributed by atoms with Gasteiger partial charge in [-0.3, -0.25) is 4.79 Å². The number of benzene rings is 2. The zero-order valence-electron chi connectivity index (χ0n) is 15.0. The molecule has 0 heterocycles. The number of carbonyl (C=O) groups is 1. The van der Waals surface area contributed by atoms with Crippen molar-refractivity contribution in [2.75, 3.05) is 30.4 Å². The molecule has 0 radical (unpaired) electrons. The molecule has 0 saturated carbocycles. The summed E-state index contributed by atoms with van der Waals surface area (Å²) in [5.74, 6) is 1.30. The van der Waals surface area contributed by atoms with Crippen molar-refractivity contribution >= 4 is 17.3 Å². The monoisotopic (exact) mass is 352 g/mol. The summed E-state index contributed by atoms with van der Waals surface area (Å²) < 4.78 is 11.0. The number of carbonyl (C=O) groups excluding carboxylic acids is 1. The molecule has 1 amide bonds. The van der Waals surface area contributed by atoms with Gasteiger partial charge in [0.2, 0.25) is 5.91 Å². The fraction of sp³-hybridized carbons (Fsp3) is 0.190. The second-order valence-electron chi connectivity index (χ2n) is 5.80. The van der Waals surface area contributed by atoms with Crippen LogP contribution in [-0.2, 0) is 4.79 Å². The van der Waals surface area contributed by atoms with E-state index in [1.807, 2.05) is 49.4 Å². The highest BCUT2D eigenvalue weighted by molar-refractivity contribution is 5.93. The largest absolute Gasteiger partial charge is 0.490 e. The molecule has 136 valence electrons. The van der Waals surface area contributed by atoms with Crippen LogP contribution in [0.2, 0.25) is 0 Å². The van der Waals surface area contributed by atoms with Crippen LogP contribution in [0, 0.1) is 0 Å². The van der Waals surface area contributed by atoms with Crippen molar-refractivity contribution in [3.05, 3.63) is 73.3 Å². The van der Waals surface area contributed by atoms with Gasteiger partial charge in [0.15, 0.2) is 0 Å². The van der Waals surface area contributed by atoms with E-state index in [0.29, 0.717) is 24.7 Å². The van der Waals surface area contributed by atoms with Gasteiger partial charge < -0.3 is 20.1 Å². The number of hydrogen-bond acceptors (Lipinski definition) is 4. The molecule has 2 aromatic carbocycles. The van der Waals surface area contributed by atoms with E-state index in [4.69, 9.17) is 9.47 Å². The van der Waals surface area contributed by atoms with Gasteiger partial charge in [0.05, 0.1) is 6.54 Å². The Labute approximate surface area is 154 Å². The quantitative estimate of drug-likeness (QED) is 0.627. The molecule has 0 bridgehead atoms. The van der Waals surface area contributed by atoms with Crippen LogP contribution in [-0.4, -0.2) is 25.7 Å². The minimum Gasteiger partial charge on any atom is -0.490 e. The Balaban J connectivity index is 1.82. The first-order valence-electron chi connectivity index (χ1n) is 8.31. The van der Waals surface area contributed by atoms with Gasteiger partial charge in [-0.1, -0.05) is 25.3 Å². The number of anilines is 2. The Morgan fingerprint density at radius 3 is 2.54 bits per heavy atom. The molecule has 2 aromatic rings. The van der Waals surface area contributed by atoms with E-state index in [1.54, 1.807) is 12.1 Å². The second kappa shape index (κ2) is 9.93. The predicted octanol–water partition coefficient (Wildman–Crippen LogP) is 4.26. The topological polar surface area (TPSA) is 59.6 Å². The lowest BCUT2D eigenvalue weighted by Gasteiger charge is -2.10. The van der Waals surface area contributed by atoms with Crippen LogP contribution >= 0.6 is 0 Å². The van der Waals surface area contributed by atoms with Gasteiger partial charge in [0, 0.05) is 17.4 Å². The van der Waals surface area contributed by atoms with Gasteiger partial charge in [-0.25, -0.2) is 0 Å². The second-order valence-corrected chi connectivity index (χ2v) is 5.80. The predicted molar refractivity (Wildman–Crippen MR) is 106 cm³/mol. The number of ether oxygens (including phenoxy) is 2. The highest BCUT2D eigenvalue weighted by atomic mass is 16.5. The SMILES string of the molecule is C=CCOc1ccc(NCC(=O)Nc2cccc(OCC(=C)C)c2)cc1. The van der Waals surface area contributed by atoms with Crippen LogP contribution in [0.15, 0.2) is 73.3 Å². The third-order valence-electron chi connectivity index (χ3n) is 3.28. The van der Waals surface area contributed by atoms with E-state index in [2.05, 4.69) is 23.8 Å². The molecule has 0 spiro atoms. The third kappa shape index (κ3) is 6.73. The maximum absolute atomic E-state index is 12.1. The molecule has 2 N–H and O–H groups in total. The normalized spacial score (nSPS) is 9.88. The van der Waals surface area contributed by atoms with Crippen molar-refractivity contribution < 1.29 is 14.3 Å². The summed E-state index contributed by atoms with van der Waals surface area (Å²) >= 11 is 0. The lowest BCUT2D eigenvalue weighted by atomic mass is 10.3. The molecule has 2 rings (SSSR count). The fourth-order valence-electron chi connectivity index (χ4n) is 2.08. The van der Waals surface area contributed by atoms with Gasteiger partial charge in [-0.15, -0.1) is 0 Å². The highest BCUT2D eigenvalue weighted by Gasteiger charge is 2.04. The van der Waals surface area contributed by atoms with Crippen LogP contribution in [0.5, 0.6) is 11.5 Å². The smallest absolute Gasteiger partial charge is 0.243 e. The summed E-state index contributed by atoms with van der Waals surface area (Å²) in [7, 11) is 0. The maximum atomic E-state index is 12.1. The molecule has 0 saturated heterocycles. The van der Waals surface area contributed by atoms with E-state index in [0.717, 1.165) is 17.0 Å². The Bertz CT molecular complexity index is 754. The number of amides is 1. The summed E-state index contributed by atoms with van der Waals surface area (Å²) in [6.45, 7) is 10.4. The number of rotatable bonds is 10. The highest BCUT2D eigenvalue weighted by Crippen LogP contribution is 2.18. The Hall–Kier alpha value is -3.21. The van der Waals surface area contributed by atoms with Crippen molar-refractivity contribution in [1.29, 1.82) is 0 Å². The van der Waals surface area contributed by atoms with Crippen LogP contribution in [0.1, 0.15) is 6.92 Å². The Morgan fingerprint density at radius 2 is 1.85 bits per heavy atom. The lowest BCUT2D eigenvalue weighted by Crippen LogP contribution is -2.21. The summed E-state index contributed by atoms with van der Waals surface area (Å²) in [4.78, 5) is 12.1. The summed E-state index contributed by atoms with van der Waals surface area (Å²) in [5, 5.41) is 5.91. The van der Waals surface area contributed by atoms with E-state index in [1.165, 1.54) is 0 Å². The van der Waals surface area contributed by atoms with Crippen molar-refractivity contribution in [3.63, 3.8) is 0 Å². The molecule has 5 nitrogen and oxygen atoms in total. The van der Waals surface area contributed by atoms with E-state index >= 15 is 0 Å². The number of hydrogen-bond donors (Lipinski definition) is 2. The molecule has 5 heteroatoms. The van der Waals surface area contributed by atoms with Crippen LogP contribution < -0.4 is 20.1 Å². The first-order chi connectivity index (χ1) is 12.6. The van der Waals surface area contributed by atoms with Crippen LogP contribution in [0.4, 0.5) is 11.4 Å². The average Bonchev–Trinajstić information content (AvgIpc) is 2.64. The van der Waals surface area contributed by atoms with E-state index in [9.17, 15) is 4.79 Å². The first-order valence-corrected chi connectivity index (χ1v) is 8.31. The van der Waals surface area contributed by atoms with Crippen molar-refractivity contribution in [3.8, 4) is 11.5 Å². The van der Waals surface area contributed by atoms with Crippen molar-refractivity contribution in [1.82, 2.24) is 0 Å². The third-order valence-corrected chi connectivity index (χ3v) is 3.28. The minimum atomic E-state index is -0.144. The van der Waals surface area contributed by atoms with Gasteiger partial charge in [-0.05, 0) is 48.9 Å². The molecule has 0 unspecified atom stereocenters. The van der Waals surface area contributed by atoms with Gasteiger partial charge in [0.1, 0.15) is 24.7 Å². The standard InChI is InChI=1S/C21H24N2O3/c1-4-12-25-19-10-8-17(9-11-19)22-14-21(24)23-18-6-5-7-20(13-18)26-15-16(2)3/h4-11,13,22H,1-2,12,14-15H2,3H3,(H,23,24). The number of nitrogens with one attached hydrogen (secondary N) is 2. The van der Waals surface area contributed by atoms with Crippen molar-refractivity contribution in [2.24, 2.45) is 0 Å². The summed E-state index contributed by atoms with van der Waals surface area (Å²) in [5.41, 5.74) is 2.46. The summed E-state index contributed by atoms with van der Waals surface area (Å²) in [6.07, 6.45) is 1.69. The van der Waals surface area contributed by atoms with Gasteiger partial charge >= 0.3 is 0 Å². The van der Waals surface area contributed by atoms with Crippen LogP contribution in [0.25, 0.3) is 0 Å². The lowest BCUT2D eigenvalue weighted by molar-refractivity contribution is -0.114. The molecule has 26 heavy (non-hydrogen) atoms. The first kappa shape index (κ1) is 19.1. The van der Waals surface area contributed by atoms with E-state index < -0.39 is 0 Å². The molecule has 0 aromatic heterocycles. The fourth-order valence-corrected chi connectivity index (χ4v) is 2.08. The summed E-state index contributed by atoms with van der Waals surface area (Å²) in [6, 6.07) is 14.7. The van der Waals surface area contributed by atoms with Crippen molar-refractivity contribution in [2.45, 2.75) is 6.92 Å². The minimum absolute atomic E-state index is 0.144. The maximum Gasteiger partial charge on any atom is 0.243 e.